The highest BCUT2D eigenvalue weighted by atomic mass is 16.5. The molecule has 2 aromatic rings. The SMILES string of the molecule is CN(C)C(=O)CNC(=O)CCCc1nc(-c2ccccc2)no1. The van der Waals surface area contributed by atoms with E-state index < -0.39 is 0 Å². The average Bonchev–Trinajstić information content (AvgIpc) is 3.02. The van der Waals surface area contributed by atoms with Gasteiger partial charge in [0.05, 0.1) is 6.54 Å². The van der Waals surface area contributed by atoms with Gasteiger partial charge in [-0.05, 0) is 6.42 Å². The summed E-state index contributed by atoms with van der Waals surface area (Å²) in [6.07, 6.45) is 1.41. The Kier molecular flexibility index (Phi) is 5.85. The first-order valence-electron chi connectivity index (χ1n) is 7.41. The quantitative estimate of drug-likeness (QED) is 0.831. The molecule has 0 saturated heterocycles. The van der Waals surface area contributed by atoms with E-state index in [4.69, 9.17) is 4.52 Å². The van der Waals surface area contributed by atoms with Gasteiger partial charge >= 0.3 is 0 Å². The molecule has 7 nitrogen and oxygen atoms in total. The molecule has 0 unspecified atom stereocenters. The number of nitrogens with one attached hydrogen (secondary N) is 1. The molecule has 0 atom stereocenters. The fraction of sp³-hybridized carbons (Fsp3) is 0.375. The number of aryl methyl sites for hydroxylation is 1. The minimum absolute atomic E-state index is 0.0184. The summed E-state index contributed by atoms with van der Waals surface area (Å²) in [7, 11) is 3.29. The van der Waals surface area contributed by atoms with Crippen LogP contribution in [-0.4, -0.2) is 47.5 Å². The lowest BCUT2D eigenvalue weighted by molar-refractivity contribution is -0.130. The van der Waals surface area contributed by atoms with Gasteiger partial charge in [0.15, 0.2) is 0 Å². The molecule has 23 heavy (non-hydrogen) atoms. The van der Waals surface area contributed by atoms with Gasteiger partial charge in [-0.2, -0.15) is 4.98 Å². The molecular weight excluding hydrogens is 296 g/mol. The number of rotatable bonds is 7. The Bertz CT molecular complexity index is 652. The molecule has 122 valence electrons. The van der Waals surface area contributed by atoms with E-state index >= 15 is 0 Å². The number of hydrogen-bond acceptors (Lipinski definition) is 5. The first kappa shape index (κ1) is 16.7. The molecule has 0 aliphatic carbocycles. The number of carbonyl (C=O) groups is 2. The molecule has 2 rings (SSSR count). The van der Waals surface area contributed by atoms with Crippen LogP contribution in [0.2, 0.25) is 0 Å². The summed E-state index contributed by atoms with van der Waals surface area (Å²) in [6.45, 7) is 0.0184. The fourth-order valence-corrected chi connectivity index (χ4v) is 1.88. The van der Waals surface area contributed by atoms with Crippen LogP contribution in [0.15, 0.2) is 34.9 Å². The van der Waals surface area contributed by atoms with E-state index in [1.165, 1.54) is 4.90 Å². The van der Waals surface area contributed by atoms with Crippen molar-refractivity contribution in [1.82, 2.24) is 20.4 Å². The first-order valence-corrected chi connectivity index (χ1v) is 7.41. The average molecular weight is 316 g/mol. The van der Waals surface area contributed by atoms with Crippen LogP contribution < -0.4 is 5.32 Å². The molecule has 1 N–H and O–H groups in total. The summed E-state index contributed by atoms with van der Waals surface area (Å²) >= 11 is 0. The molecule has 0 saturated carbocycles. The highest BCUT2D eigenvalue weighted by Crippen LogP contribution is 2.15. The Morgan fingerprint density at radius 2 is 1.96 bits per heavy atom. The second-order valence-electron chi connectivity index (χ2n) is 5.30. The van der Waals surface area contributed by atoms with Crippen molar-refractivity contribution in [3.63, 3.8) is 0 Å². The van der Waals surface area contributed by atoms with E-state index in [-0.39, 0.29) is 18.4 Å². The van der Waals surface area contributed by atoms with Crippen molar-refractivity contribution in [1.29, 1.82) is 0 Å². The summed E-state index contributed by atoms with van der Waals surface area (Å²) in [5, 5.41) is 6.51. The van der Waals surface area contributed by atoms with E-state index in [1.54, 1.807) is 14.1 Å². The Hall–Kier alpha value is -2.70. The number of likely N-dealkylation sites (N-methyl/N-ethyl adjacent to an activating group) is 1. The maximum Gasteiger partial charge on any atom is 0.241 e. The van der Waals surface area contributed by atoms with E-state index in [0.29, 0.717) is 31.0 Å². The van der Waals surface area contributed by atoms with Crippen LogP contribution in [0.25, 0.3) is 11.4 Å². The molecule has 0 fully saturated rings. The van der Waals surface area contributed by atoms with Crippen molar-refractivity contribution in [2.24, 2.45) is 0 Å². The van der Waals surface area contributed by atoms with E-state index in [1.807, 2.05) is 30.3 Å². The van der Waals surface area contributed by atoms with Crippen LogP contribution in [0.3, 0.4) is 0 Å². The molecule has 0 radical (unpaired) electrons. The number of nitrogens with zero attached hydrogens (tertiary/aromatic N) is 3. The second-order valence-corrected chi connectivity index (χ2v) is 5.30. The zero-order valence-corrected chi connectivity index (χ0v) is 13.3. The number of amides is 2. The molecule has 1 heterocycles. The van der Waals surface area contributed by atoms with Crippen LogP contribution >= 0.6 is 0 Å². The number of benzene rings is 1. The lowest BCUT2D eigenvalue weighted by atomic mass is 10.2. The van der Waals surface area contributed by atoms with Crippen molar-refractivity contribution in [2.45, 2.75) is 19.3 Å². The molecule has 0 spiro atoms. The third-order valence-corrected chi connectivity index (χ3v) is 3.23. The van der Waals surface area contributed by atoms with Gasteiger partial charge in [-0.25, -0.2) is 0 Å². The third-order valence-electron chi connectivity index (χ3n) is 3.23. The zero-order valence-electron chi connectivity index (χ0n) is 13.3. The van der Waals surface area contributed by atoms with Gasteiger partial charge in [-0.1, -0.05) is 35.5 Å². The van der Waals surface area contributed by atoms with Crippen molar-refractivity contribution in [2.75, 3.05) is 20.6 Å². The lowest BCUT2D eigenvalue weighted by Crippen LogP contribution is -2.36. The Balaban J connectivity index is 1.74. The standard InChI is InChI=1S/C16H20N4O3/c1-20(2)15(22)11-17-13(21)9-6-10-14-18-16(19-23-14)12-7-4-3-5-8-12/h3-5,7-8H,6,9-11H2,1-2H3,(H,17,21). The molecule has 0 bridgehead atoms. The van der Waals surface area contributed by atoms with E-state index in [2.05, 4.69) is 15.5 Å². The highest BCUT2D eigenvalue weighted by Gasteiger charge is 2.10. The summed E-state index contributed by atoms with van der Waals surface area (Å²) in [5.74, 6) is 0.744. The monoisotopic (exact) mass is 316 g/mol. The summed E-state index contributed by atoms with van der Waals surface area (Å²) < 4.78 is 5.18. The van der Waals surface area contributed by atoms with Gasteiger partial charge in [0.2, 0.25) is 23.5 Å². The number of aromatic nitrogens is 2. The maximum atomic E-state index is 11.6. The second kappa shape index (κ2) is 8.07. The van der Waals surface area contributed by atoms with Crippen LogP contribution in [0, 0.1) is 0 Å². The van der Waals surface area contributed by atoms with Gasteiger partial charge in [-0.3, -0.25) is 9.59 Å². The summed E-state index contributed by atoms with van der Waals surface area (Å²) in [5.41, 5.74) is 0.891. The predicted molar refractivity (Wildman–Crippen MR) is 84.4 cm³/mol. The predicted octanol–water partition coefficient (Wildman–Crippen LogP) is 1.26. The molecule has 1 aromatic carbocycles. The minimum Gasteiger partial charge on any atom is -0.347 e. The van der Waals surface area contributed by atoms with Crippen LogP contribution in [-0.2, 0) is 16.0 Å². The van der Waals surface area contributed by atoms with Crippen molar-refractivity contribution in [3.8, 4) is 11.4 Å². The highest BCUT2D eigenvalue weighted by molar-refractivity contribution is 5.84. The molecule has 7 heteroatoms. The minimum atomic E-state index is -0.164. The van der Waals surface area contributed by atoms with Crippen LogP contribution in [0.5, 0.6) is 0 Å². The normalized spacial score (nSPS) is 10.3. The largest absolute Gasteiger partial charge is 0.347 e. The molecular formula is C16H20N4O3. The number of hydrogen-bond donors (Lipinski definition) is 1. The topological polar surface area (TPSA) is 88.3 Å². The van der Waals surface area contributed by atoms with Crippen LogP contribution in [0.1, 0.15) is 18.7 Å². The lowest BCUT2D eigenvalue weighted by Gasteiger charge is -2.10. The van der Waals surface area contributed by atoms with E-state index in [0.717, 1.165) is 5.56 Å². The third kappa shape index (κ3) is 5.21. The van der Waals surface area contributed by atoms with Crippen molar-refractivity contribution >= 4 is 11.8 Å². The zero-order chi connectivity index (χ0) is 16.7. The Morgan fingerprint density at radius 3 is 2.65 bits per heavy atom. The number of carbonyl (C=O) groups excluding carboxylic acids is 2. The first-order chi connectivity index (χ1) is 11.1. The van der Waals surface area contributed by atoms with Gasteiger partial charge in [-0.15, -0.1) is 0 Å². The summed E-state index contributed by atoms with van der Waals surface area (Å²) in [6, 6.07) is 9.55. The summed E-state index contributed by atoms with van der Waals surface area (Å²) in [4.78, 5) is 28.7. The Morgan fingerprint density at radius 1 is 1.22 bits per heavy atom. The Labute approximate surface area is 134 Å². The molecule has 0 aliphatic heterocycles. The van der Waals surface area contributed by atoms with Crippen molar-refractivity contribution in [3.05, 3.63) is 36.2 Å². The maximum absolute atomic E-state index is 11.6. The van der Waals surface area contributed by atoms with Gasteiger partial charge in [0.25, 0.3) is 0 Å². The van der Waals surface area contributed by atoms with Gasteiger partial charge in [0, 0.05) is 32.5 Å². The van der Waals surface area contributed by atoms with E-state index in [9.17, 15) is 9.59 Å². The molecule has 2 amide bonds. The molecule has 1 aromatic heterocycles. The molecule has 0 aliphatic rings. The van der Waals surface area contributed by atoms with Gasteiger partial charge in [0.1, 0.15) is 0 Å². The smallest absolute Gasteiger partial charge is 0.241 e. The fourth-order valence-electron chi connectivity index (χ4n) is 1.88. The van der Waals surface area contributed by atoms with Gasteiger partial charge < -0.3 is 14.7 Å². The van der Waals surface area contributed by atoms with Crippen LogP contribution in [0.4, 0.5) is 0 Å². The van der Waals surface area contributed by atoms with Crippen molar-refractivity contribution < 1.29 is 14.1 Å².